The summed E-state index contributed by atoms with van der Waals surface area (Å²) in [7, 11) is 0. The van der Waals surface area contributed by atoms with Crippen molar-refractivity contribution < 1.29 is 142 Å². The van der Waals surface area contributed by atoms with E-state index in [9.17, 15) is 138 Å². The Morgan fingerprint density at radius 3 is 0.892 bits per heavy atom. The van der Waals surface area contributed by atoms with Crippen LogP contribution in [0, 0.1) is 0 Å². The molecule has 0 aliphatic heterocycles. The van der Waals surface area contributed by atoms with Crippen molar-refractivity contribution in [3.8, 4) is 189 Å². The van der Waals surface area contributed by atoms with Gasteiger partial charge < -0.3 is 142 Å². The molecule has 0 amide bonds. The van der Waals surface area contributed by atoms with Gasteiger partial charge in [-0.1, -0.05) is 0 Å². The maximum absolute atomic E-state index is 12.4. The van der Waals surface area contributed by atoms with Crippen LogP contribution >= 0.6 is 0 Å². The third kappa shape index (κ3) is 5.11. The molecule has 10 rings (SSSR count). The molecule has 0 atom stereocenters. The zero-order chi connectivity index (χ0) is 54.4. The van der Waals surface area contributed by atoms with E-state index < -0.39 is 254 Å². The van der Waals surface area contributed by atoms with Crippen molar-refractivity contribution in [1.82, 2.24) is 0 Å². The van der Waals surface area contributed by atoms with Gasteiger partial charge in [0.1, 0.15) is 23.0 Å². The summed E-state index contributed by atoms with van der Waals surface area (Å²) in [5, 5.41) is 292. The number of phenolic OH excluding ortho intramolecular Hbond substituents is 27. The Balaban J connectivity index is 1.54. The Morgan fingerprint density at radius 1 is 0.176 bits per heavy atom. The molecule has 27 N–H and O–H groups in total. The van der Waals surface area contributed by atoms with Gasteiger partial charge in [-0.15, -0.1) is 0 Å². The van der Waals surface area contributed by atoms with E-state index in [4.69, 9.17) is 4.42 Å². The Bertz CT molecular complexity index is 4270. The fraction of sp³-hybridized carbons (Fsp3) is 0. The molecule has 28 nitrogen and oxygen atoms in total. The predicted molar refractivity (Wildman–Crippen MR) is 245 cm³/mol. The largest absolute Gasteiger partial charge is 0.506 e. The van der Waals surface area contributed by atoms with Gasteiger partial charge in [-0.2, -0.15) is 0 Å². The lowest BCUT2D eigenvalue weighted by Gasteiger charge is -2.25. The van der Waals surface area contributed by atoms with Gasteiger partial charge in [0.2, 0.25) is 63.2 Å². The lowest BCUT2D eigenvalue weighted by atomic mass is 9.80. The minimum Gasteiger partial charge on any atom is -0.506 e. The molecule has 0 saturated heterocycles. The molecule has 380 valence electrons. The maximum Gasteiger partial charge on any atom is 0.208 e. The van der Waals surface area contributed by atoms with E-state index in [2.05, 4.69) is 0 Å². The SMILES string of the molecule is Oc1cc2c(O)c3oc4c(O)c(O)c(-c5c6c(O)c(O)c(O)c(O)c6c(-c6c(O)c(-c7c(O)c(O)c(O)c(O)c7O)c7c(O)c(O)c(O)c(O)c7c6O)c6c(O)c(O)c(O)c(O)c56)c(O)c4c3c(O)c2c(O)c1O. The molecule has 0 aliphatic carbocycles. The smallest absolute Gasteiger partial charge is 0.208 e. The highest BCUT2D eigenvalue weighted by Gasteiger charge is 2.41. The first-order chi connectivity index (χ1) is 34.6. The average molecular weight is 1030 g/mol. The minimum absolute atomic E-state index is 0.622. The van der Waals surface area contributed by atoms with E-state index in [1.165, 1.54) is 0 Å². The molecule has 0 radical (unpaired) electrons. The topological polar surface area (TPSA) is 559 Å². The number of rotatable bonds is 3. The second-order valence-electron chi connectivity index (χ2n) is 16.4. The van der Waals surface area contributed by atoms with Crippen molar-refractivity contribution in [2.24, 2.45) is 0 Å². The number of aromatic hydroxyl groups is 27. The number of hydrogen-bond acceptors (Lipinski definition) is 28. The molecule has 0 unspecified atom stereocenters. The van der Waals surface area contributed by atoms with Crippen LogP contribution in [0.2, 0.25) is 0 Å². The minimum atomic E-state index is -1.88. The Morgan fingerprint density at radius 2 is 0.459 bits per heavy atom. The molecule has 28 heteroatoms. The van der Waals surface area contributed by atoms with Gasteiger partial charge in [0, 0.05) is 49.0 Å². The van der Waals surface area contributed by atoms with E-state index in [0.29, 0.717) is 6.07 Å². The van der Waals surface area contributed by atoms with Gasteiger partial charge in [-0.05, 0) is 6.07 Å². The summed E-state index contributed by atoms with van der Waals surface area (Å²) in [4.78, 5) is 0. The summed E-state index contributed by atoms with van der Waals surface area (Å²) in [6.07, 6.45) is 0. The second-order valence-corrected chi connectivity index (χ2v) is 16.4. The Kier molecular flexibility index (Phi) is 8.89. The quantitative estimate of drug-likeness (QED) is 0.0610. The van der Waals surface area contributed by atoms with Crippen molar-refractivity contribution >= 4 is 65.0 Å². The number of hydrogen-bond donors (Lipinski definition) is 27. The number of benzene rings is 9. The predicted octanol–water partition coefficient (Wildman–Crippen LogP) is 5.25. The molecule has 0 fully saturated rings. The molecule has 0 aliphatic rings. The summed E-state index contributed by atoms with van der Waals surface area (Å²) in [6, 6.07) is 0.622. The van der Waals surface area contributed by atoms with Gasteiger partial charge in [-0.3, -0.25) is 0 Å². The molecule has 0 saturated carbocycles. The molecular formula is C46H28O28. The first-order valence-electron chi connectivity index (χ1n) is 20.0. The number of fused-ring (bicyclic) bond motifs is 7. The normalized spacial score (nSPS) is 11.9. The fourth-order valence-electron chi connectivity index (χ4n) is 9.41. The summed E-state index contributed by atoms with van der Waals surface area (Å²) >= 11 is 0. The van der Waals surface area contributed by atoms with Crippen LogP contribution in [-0.4, -0.2) is 138 Å². The number of furan rings is 1. The van der Waals surface area contributed by atoms with Crippen molar-refractivity contribution in [3.63, 3.8) is 0 Å². The highest BCUT2D eigenvalue weighted by Crippen LogP contribution is 2.70. The van der Waals surface area contributed by atoms with Crippen LogP contribution < -0.4 is 0 Å². The first kappa shape index (κ1) is 46.2. The molecule has 0 bridgehead atoms. The first-order valence-corrected chi connectivity index (χ1v) is 20.0. The van der Waals surface area contributed by atoms with Crippen LogP contribution in [0.5, 0.6) is 155 Å². The summed E-state index contributed by atoms with van der Waals surface area (Å²) in [6.45, 7) is 0. The lowest BCUT2D eigenvalue weighted by Crippen LogP contribution is -1.98. The maximum atomic E-state index is 12.4. The summed E-state index contributed by atoms with van der Waals surface area (Å²) in [5.41, 5.74) is -11.1. The average Bonchev–Trinajstić information content (AvgIpc) is 3.78. The standard InChI is InChI=1S/C46H28O28/c47-3-1-2-4(25(54)20(3)49)21(50)17-18-24(53)14(34(63)44(73)46(18)74-45(17)19(2)48)6-9-7(26(55)35(64)37(66)28(9)57)5(8-10(6)29(58)38(67)36(65)27(8)56)13-22(51)11(16-32(61)41(70)43(72)42(71)33(16)62)12-15(23(13)52)31(60)40(69)39(68)30(12)59/h1,47-73H. The van der Waals surface area contributed by atoms with Crippen molar-refractivity contribution in [3.05, 3.63) is 6.07 Å². The zero-order valence-electron chi connectivity index (χ0n) is 35.6. The van der Waals surface area contributed by atoms with E-state index in [0.717, 1.165) is 0 Å². The number of phenols is 27. The van der Waals surface area contributed by atoms with E-state index in [1.807, 2.05) is 0 Å². The monoisotopic (exact) mass is 1030 g/mol. The van der Waals surface area contributed by atoms with Gasteiger partial charge >= 0.3 is 0 Å². The van der Waals surface area contributed by atoms with Crippen LogP contribution in [0.25, 0.3) is 98.4 Å². The van der Waals surface area contributed by atoms with Crippen molar-refractivity contribution in [1.29, 1.82) is 0 Å². The summed E-state index contributed by atoms with van der Waals surface area (Å²) in [5.74, 6) is -44.5. The lowest BCUT2D eigenvalue weighted by molar-refractivity contribution is 0.329. The Labute approximate surface area is 401 Å². The second kappa shape index (κ2) is 14.3. The van der Waals surface area contributed by atoms with Crippen LogP contribution in [0.15, 0.2) is 10.5 Å². The van der Waals surface area contributed by atoms with E-state index >= 15 is 0 Å². The Hall–Kier alpha value is -11.6. The summed E-state index contributed by atoms with van der Waals surface area (Å²) < 4.78 is 5.52. The molecule has 1 heterocycles. The van der Waals surface area contributed by atoms with Gasteiger partial charge in [-0.25, -0.2) is 0 Å². The molecule has 10 aromatic rings. The highest BCUT2D eigenvalue weighted by atomic mass is 16.4. The van der Waals surface area contributed by atoms with Crippen molar-refractivity contribution in [2.45, 2.75) is 0 Å². The van der Waals surface area contributed by atoms with Crippen LogP contribution in [0.1, 0.15) is 0 Å². The van der Waals surface area contributed by atoms with Crippen LogP contribution in [0.3, 0.4) is 0 Å². The molecule has 0 spiro atoms. The third-order valence-corrected chi connectivity index (χ3v) is 12.8. The molecule has 74 heavy (non-hydrogen) atoms. The zero-order valence-corrected chi connectivity index (χ0v) is 35.6. The third-order valence-electron chi connectivity index (χ3n) is 12.8. The fourth-order valence-corrected chi connectivity index (χ4v) is 9.41. The van der Waals surface area contributed by atoms with Gasteiger partial charge in [0.15, 0.2) is 80.2 Å². The van der Waals surface area contributed by atoms with E-state index in [-0.39, 0.29) is 0 Å². The van der Waals surface area contributed by atoms with Crippen molar-refractivity contribution in [2.75, 3.05) is 0 Å². The van der Waals surface area contributed by atoms with Crippen LogP contribution in [-0.2, 0) is 0 Å². The molecular weight excluding hydrogens is 1000 g/mol. The highest BCUT2D eigenvalue weighted by molar-refractivity contribution is 6.33. The van der Waals surface area contributed by atoms with Gasteiger partial charge in [0.05, 0.1) is 38.2 Å². The van der Waals surface area contributed by atoms with Gasteiger partial charge in [0.25, 0.3) is 0 Å². The van der Waals surface area contributed by atoms with E-state index in [1.54, 1.807) is 0 Å². The molecule has 9 aromatic carbocycles. The van der Waals surface area contributed by atoms with Crippen LogP contribution in [0.4, 0.5) is 0 Å². The molecule has 1 aromatic heterocycles.